The number of carbonyl (C=O) groups is 2. The monoisotopic (exact) mass is 359 g/mol. The zero-order valence-electron chi connectivity index (χ0n) is 12.5. The quantitative estimate of drug-likeness (QED) is 0.704. The highest BCUT2D eigenvalue weighted by molar-refractivity contribution is 6.33. The maximum atomic E-state index is 12.1. The first-order valence-electron chi connectivity index (χ1n) is 7.52. The van der Waals surface area contributed by atoms with Crippen molar-refractivity contribution in [1.29, 1.82) is 0 Å². The van der Waals surface area contributed by atoms with Gasteiger partial charge < -0.3 is 15.7 Å². The lowest BCUT2D eigenvalue weighted by Crippen LogP contribution is -2.34. The van der Waals surface area contributed by atoms with Crippen LogP contribution in [0.5, 0.6) is 0 Å². The molecule has 8 heteroatoms. The molecule has 0 spiro atoms. The fraction of sp³-hybridized carbons (Fsp3) is 0.533. The van der Waals surface area contributed by atoms with Gasteiger partial charge in [-0.05, 0) is 49.7 Å². The Morgan fingerprint density at radius 2 is 1.52 bits per heavy atom. The Hall–Kier alpha value is -1.53. The van der Waals surface area contributed by atoms with Gasteiger partial charge in [-0.1, -0.05) is 23.2 Å². The van der Waals surface area contributed by atoms with Gasteiger partial charge in [-0.15, -0.1) is 0 Å². The summed E-state index contributed by atoms with van der Waals surface area (Å²) in [5.41, 5.74) is 0.398. The predicted molar refractivity (Wildman–Crippen MR) is 88.1 cm³/mol. The molecule has 1 aliphatic rings. The normalized spacial score (nSPS) is 20.8. The molecule has 0 unspecified atom stereocenters. The van der Waals surface area contributed by atoms with E-state index in [0.29, 0.717) is 30.5 Å². The van der Waals surface area contributed by atoms with Crippen molar-refractivity contribution in [2.75, 3.05) is 13.1 Å². The maximum Gasteiger partial charge on any atom is 0.404 e. The molecule has 0 aliphatic heterocycles. The first kappa shape index (κ1) is 17.8. The number of halogens is 2. The fourth-order valence-electron chi connectivity index (χ4n) is 2.81. The third-order valence-corrected chi connectivity index (χ3v) is 4.47. The maximum absolute atomic E-state index is 12.1. The van der Waals surface area contributed by atoms with Gasteiger partial charge in [0.1, 0.15) is 10.3 Å². The van der Waals surface area contributed by atoms with Crippen LogP contribution in [0.15, 0.2) is 12.1 Å². The SMILES string of the molecule is O=C(O)NCC1CCC(CNC(=O)c2cc(Cl)nc(Cl)c2)CC1. The van der Waals surface area contributed by atoms with Gasteiger partial charge in [0, 0.05) is 18.7 Å². The van der Waals surface area contributed by atoms with E-state index in [1.807, 2.05) is 0 Å². The number of aromatic nitrogens is 1. The second kappa shape index (κ2) is 8.36. The molecule has 1 aromatic heterocycles. The minimum absolute atomic E-state index is 0.189. The van der Waals surface area contributed by atoms with Crippen LogP contribution in [0, 0.1) is 11.8 Å². The second-order valence-corrected chi connectivity index (χ2v) is 6.56. The van der Waals surface area contributed by atoms with Crippen LogP contribution < -0.4 is 10.6 Å². The highest BCUT2D eigenvalue weighted by Gasteiger charge is 2.22. The smallest absolute Gasteiger partial charge is 0.404 e. The summed E-state index contributed by atoms with van der Waals surface area (Å²) in [6.07, 6.45) is 2.91. The first-order chi connectivity index (χ1) is 10.9. The predicted octanol–water partition coefficient (Wildman–Crippen LogP) is 3.19. The van der Waals surface area contributed by atoms with E-state index in [9.17, 15) is 9.59 Å². The summed E-state index contributed by atoms with van der Waals surface area (Å²) >= 11 is 11.6. The molecule has 23 heavy (non-hydrogen) atoms. The minimum atomic E-state index is -0.978. The van der Waals surface area contributed by atoms with E-state index in [2.05, 4.69) is 15.6 Å². The first-order valence-corrected chi connectivity index (χ1v) is 8.27. The van der Waals surface area contributed by atoms with Crippen molar-refractivity contribution in [2.45, 2.75) is 25.7 Å². The van der Waals surface area contributed by atoms with Crippen LogP contribution in [0.4, 0.5) is 4.79 Å². The van der Waals surface area contributed by atoms with Crippen molar-refractivity contribution >= 4 is 35.2 Å². The molecule has 1 fully saturated rings. The van der Waals surface area contributed by atoms with Crippen LogP contribution in [0.1, 0.15) is 36.0 Å². The third-order valence-electron chi connectivity index (χ3n) is 4.08. The molecule has 2 amide bonds. The molecule has 0 aromatic carbocycles. The van der Waals surface area contributed by atoms with Crippen molar-refractivity contribution in [3.05, 3.63) is 28.0 Å². The Labute approximate surface area is 144 Å². The van der Waals surface area contributed by atoms with E-state index < -0.39 is 6.09 Å². The second-order valence-electron chi connectivity index (χ2n) is 5.78. The summed E-state index contributed by atoms with van der Waals surface area (Å²) in [7, 11) is 0. The van der Waals surface area contributed by atoms with Crippen LogP contribution in [0.2, 0.25) is 10.3 Å². The number of hydrogen-bond acceptors (Lipinski definition) is 3. The summed E-state index contributed by atoms with van der Waals surface area (Å²) in [5.74, 6) is 0.578. The molecule has 1 aromatic rings. The molecule has 0 bridgehead atoms. The molecule has 3 N–H and O–H groups in total. The van der Waals surface area contributed by atoms with Crippen molar-refractivity contribution < 1.29 is 14.7 Å². The van der Waals surface area contributed by atoms with E-state index in [4.69, 9.17) is 28.3 Å². The highest BCUT2D eigenvalue weighted by atomic mass is 35.5. The summed E-state index contributed by atoms with van der Waals surface area (Å²) < 4.78 is 0. The number of amides is 2. The standard InChI is InChI=1S/C15H19Cl2N3O3/c16-12-5-11(6-13(17)20-12)14(21)18-7-9-1-3-10(4-2-9)8-19-15(22)23/h5-6,9-10,19H,1-4,7-8H2,(H,18,21)(H,22,23). The average Bonchev–Trinajstić information content (AvgIpc) is 2.50. The van der Waals surface area contributed by atoms with Gasteiger partial charge in [0.15, 0.2) is 0 Å². The van der Waals surface area contributed by atoms with Crippen molar-refractivity contribution in [1.82, 2.24) is 15.6 Å². The molecule has 1 aliphatic carbocycles. The van der Waals surface area contributed by atoms with Gasteiger partial charge in [-0.3, -0.25) is 4.79 Å². The van der Waals surface area contributed by atoms with Gasteiger partial charge in [-0.25, -0.2) is 9.78 Å². The summed E-state index contributed by atoms with van der Waals surface area (Å²) in [5, 5.41) is 14.3. The molecule has 2 rings (SSSR count). The lowest BCUT2D eigenvalue weighted by molar-refractivity contribution is 0.0940. The van der Waals surface area contributed by atoms with Gasteiger partial charge >= 0.3 is 6.09 Å². The number of nitrogens with one attached hydrogen (secondary N) is 2. The van der Waals surface area contributed by atoms with Crippen LogP contribution in [-0.2, 0) is 0 Å². The minimum Gasteiger partial charge on any atom is -0.465 e. The van der Waals surface area contributed by atoms with E-state index in [0.717, 1.165) is 25.7 Å². The van der Waals surface area contributed by atoms with Crippen molar-refractivity contribution in [3.8, 4) is 0 Å². The summed E-state index contributed by atoms with van der Waals surface area (Å²) in [4.78, 5) is 26.4. The molecule has 1 saturated carbocycles. The van der Waals surface area contributed by atoms with Gasteiger partial charge in [-0.2, -0.15) is 0 Å². The van der Waals surface area contributed by atoms with E-state index in [1.54, 1.807) is 0 Å². The summed E-state index contributed by atoms with van der Waals surface area (Å²) in [6.45, 7) is 1.10. The van der Waals surface area contributed by atoms with Gasteiger partial charge in [0.2, 0.25) is 0 Å². The molecular formula is C15H19Cl2N3O3. The number of rotatable bonds is 5. The zero-order chi connectivity index (χ0) is 16.8. The highest BCUT2D eigenvalue weighted by Crippen LogP contribution is 2.28. The molecule has 0 atom stereocenters. The van der Waals surface area contributed by atoms with Crippen molar-refractivity contribution in [2.24, 2.45) is 11.8 Å². The largest absolute Gasteiger partial charge is 0.465 e. The molecule has 1 heterocycles. The zero-order valence-corrected chi connectivity index (χ0v) is 14.0. The summed E-state index contributed by atoms with van der Waals surface area (Å²) in [6, 6.07) is 2.97. The lowest BCUT2D eigenvalue weighted by Gasteiger charge is -2.28. The Bertz CT molecular complexity index is 555. The van der Waals surface area contributed by atoms with E-state index in [-0.39, 0.29) is 16.2 Å². The number of carboxylic acid groups (broad SMARTS) is 1. The number of hydrogen-bond donors (Lipinski definition) is 3. The molecule has 126 valence electrons. The van der Waals surface area contributed by atoms with Crippen LogP contribution in [-0.4, -0.2) is 35.2 Å². The van der Waals surface area contributed by atoms with Crippen molar-refractivity contribution in [3.63, 3.8) is 0 Å². The Morgan fingerprint density at radius 1 is 1.04 bits per heavy atom. The van der Waals surface area contributed by atoms with Crippen LogP contribution in [0.25, 0.3) is 0 Å². The number of nitrogens with zero attached hydrogens (tertiary/aromatic N) is 1. The lowest BCUT2D eigenvalue weighted by atomic mass is 9.82. The van der Waals surface area contributed by atoms with Gasteiger partial charge in [0.25, 0.3) is 5.91 Å². The Morgan fingerprint density at radius 3 is 2.00 bits per heavy atom. The topological polar surface area (TPSA) is 91.3 Å². The molecule has 6 nitrogen and oxygen atoms in total. The van der Waals surface area contributed by atoms with Crippen LogP contribution in [0.3, 0.4) is 0 Å². The number of carbonyl (C=O) groups excluding carboxylic acids is 1. The van der Waals surface area contributed by atoms with Gasteiger partial charge in [0.05, 0.1) is 0 Å². The van der Waals surface area contributed by atoms with E-state index >= 15 is 0 Å². The average molecular weight is 360 g/mol. The third kappa shape index (κ3) is 5.88. The van der Waals surface area contributed by atoms with E-state index in [1.165, 1.54) is 12.1 Å². The van der Waals surface area contributed by atoms with Crippen LogP contribution >= 0.6 is 23.2 Å². The molecule has 0 radical (unpaired) electrons. The Kier molecular flexibility index (Phi) is 6.47. The molecule has 0 saturated heterocycles. The Balaban J connectivity index is 1.74. The fourth-order valence-corrected chi connectivity index (χ4v) is 3.27. The number of pyridine rings is 1. The molecular weight excluding hydrogens is 341 g/mol.